The zero-order valence-electron chi connectivity index (χ0n) is 14.0. The van der Waals surface area contributed by atoms with E-state index in [9.17, 15) is 18.0 Å². The third kappa shape index (κ3) is 3.91. The van der Waals surface area contributed by atoms with Gasteiger partial charge in [-0.2, -0.15) is 0 Å². The summed E-state index contributed by atoms with van der Waals surface area (Å²) < 4.78 is 24.5. The van der Waals surface area contributed by atoms with E-state index in [1.54, 1.807) is 36.0 Å². The number of amides is 1. The fraction of sp³-hybridized carbons (Fsp3) is 0.294. The van der Waals surface area contributed by atoms with Gasteiger partial charge in [0.25, 0.3) is 5.91 Å². The van der Waals surface area contributed by atoms with Crippen molar-refractivity contribution in [3.63, 3.8) is 0 Å². The summed E-state index contributed by atoms with van der Waals surface area (Å²) in [5, 5.41) is 2.84. The van der Waals surface area contributed by atoms with Crippen molar-refractivity contribution in [2.75, 3.05) is 6.26 Å². The molecule has 0 aliphatic carbocycles. The standard InChI is InChI=1S/C17H20N2O4S/c1-11(13-5-7-15(8-6-13)24(4,22)23)18-17(21)16-9-14(12(2)20)10-19(16)3/h5-11H,1-4H3,(H,18,21). The second-order valence-electron chi connectivity index (χ2n) is 5.82. The van der Waals surface area contributed by atoms with Gasteiger partial charge in [-0.1, -0.05) is 12.1 Å². The number of rotatable bonds is 5. The van der Waals surface area contributed by atoms with E-state index in [1.807, 2.05) is 6.92 Å². The minimum Gasteiger partial charge on any atom is -0.346 e. The first-order valence-electron chi connectivity index (χ1n) is 7.38. The average molecular weight is 348 g/mol. The predicted octanol–water partition coefficient (Wildman–Crippen LogP) is 2.12. The number of aromatic nitrogens is 1. The van der Waals surface area contributed by atoms with E-state index < -0.39 is 9.84 Å². The van der Waals surface area contributed by atoms with Gasteiger partial charge in [0.2, 0.25) is 0 Å². The molecule has 0 aliphatic heterocycles. The zero-order valence-corrected chi connectivity index (χ0v) is 14.8. The lowest BCUT2D eigenvalue weighted by Gasteiger charge is -2.15. The summed E-state index contributed by atoms with van der Waals surface area (Å²) in [4.78, 5) is 24.0. The third-order valence-electron chi connectivity index (χ3n) is 3.80. The molecule has 0 aliphatic rings. The van der Waals surface area contributed by atoms with Gasteiger partial charge in [-0.15, -0.1) is 0 Å². The average Bonchev–Trinajstić information content (AvgIpc) is 2.88. The Morgan fingerprint density at radius 3 is 2.21 bits per heavy atom. The van der Waals surface area contributed by atoms with E-state index in [-0.39, 0.29) is 22.6 Å². The van der Waals surface area contributed by atoms with Crippen molar-refractivity contribution in [1.29, 1.82) is 0 Å². The highest BCUT2D eigenvalue weighted by atomic mass is 32.2. The van der Waals surface area contributed by atoms with Crippen LogP contribution >= 0.6 is 0 Å². The lowest BCUT2D eigenvalue weighted by molar-refractivity contribution is 0.0931. The van der Waals surface area contributed by atoms with E-state index in [0.717, 1.165) is 11.8 Å². The molecule has 1 amide bonds. The molecule has 6 nitrogen and oxygen atoms in total. The molecule has 24 heavy (non-hydrogen) atoms. The van der Waals surface area contributed by atoms with Gasteiger partial charge in [-0.3, -0.25) is 9.59 Å². The van der Waals surface area contributed by atoms with Gasteiger partial charge in [-0.25, -0.2) is 8.42 Å². The number of carbonyl (C=O) groups is 2. The Balaban J connectivity index is 2.15. The van der Waals surface area contributed by atoms with Gasteiger partial charge >= 0.3 is 0 Å². The highest BCUT2D eigenvalue weighted by Gasteiger charge is 2.17. The Kier molecular flexibility index (Phi) is 4.94. The number of Topliss-reactive ketones (excluding diaryl/α,β-unsaturated/α-hetero) is 1. The molecule has 1 aromatic carbocycles. The normalized spacial score (nSPS) is 12.7. The Morgan fingerprint density at radius 1 is 1.17 bits per heavy atom. The fourth-order valence-corrected chi connectivity index (χ4v) is 2.97. The van der Waals surface area contributed by atoms with Gasteiger partial charge in [0.15, 0.2) is 15.6 Å². The minimum atomic E-state index is -3.24. The van der Waals surface area contributed by atoms with Gasteiger partial charge < -0.3 is 9.88 Å². The third-order valence-corrected chi connectivity index (χ3v) is 4.93. The zero-order chi connectivity index (χ0) is 18.1. The van der Waals surface area contributed by atoms with E-state index in [1.165, 1.54) is 19.1 Å². The molecule has 0 radical (unpaired) electrons. The lowest BCUT2D eigenvalue weighted by Crippen LogP contribution is -2.28. The van der Waals surface area contributed by atoms with Crippen LogP contribution in [0.15, 0.2) is 41.4 Å². The maximum Gasteiger partial charge on any atom is 0.268 e. The number of hydrogen-bond acceptors (Lipinski definition) is 4. The summed E-state index contributed by atoms with van der Waals surface area (Å²) in [6, 6.07) is 7.63. The molecule has 0 fully saturated rings. The van der Waals surface area contributed by atoms with Crippen LogP contribution in [-0.4, -0.2) is 30.9 Å². The molecule has 1 N–H and O–H groups in total. The summed E-state index contributed by atoms with van der Waals surface area (Å²) in [6.45, 7) is 3.26. The Morgan fingerprint density at radius 2 is 1.75 bits per heavy atom. The summed E-state index contributed by atoms with van der Waals surface area (Å²) in [5.74, 6) is -0.404. The highest BCUT2D eigenvalue weighted by Crippen LogP contribution is 2.17. The van der Waals surface area contributed by atoms with Crippen LogP contribution in [0.3, 0.4) is 0 Å². The summed E-state index contributed by atoms with van der Waals surface area (Å²) >= 11 is 0. The first-order valence-corrected chi connectivity index (χ1v) is 9.27. The molecule has 128 valence electrons. The second kappa shape index (κ2) is 6.60. The summed E-state index contributed by atoms with van der Waals surface area (Å²) in [5.41, 5.74) is 1.66. The van der Waals surface area contributed by atoms with Crippen molar-refractivity contribution in [3.8, 4) is 0 Å². The SMILES string of the molecule is CC(=O)c1cc(C(=O)NC(C)c2ccc(S(C)(=O)=O)cc2)n(C)c1. The molecule has 2 aromatic rings. The Bertz CT molecular complexity index is 880. The van der Waals surface area contributed by atoms with Crippen LogP contribution < -0.4 is 5.32 Å². The number of nitrogens with one attached hydrogen (secondary N) is 1. The Labute approximate surface area is 141 Å². The quantitative estimate of drug-likeness (QED) is 0.839. The summed E-state index contributed by atoms with van der Waals surface area (Å²) in [7, 11) is -1.54. The molecule has 7 heteroatoms. The maximum absolute atomic E-state index is 12.4. The maximum atomic E-state index is 12.4. The van der Waals surface area contributed by atoms with Crippen LogP contribution in [0.4, 0.5) is 0 Å². The van der Waals surface area contributed by atoms with Crippen molar-refractivity contribution in [1.82, 2.24) is 9.88 Å². The van der Waals surface area contributed by atoms with Gasteiger partial charge in [0.1, 0.15) is 5.69 Å². The molecule has 1 aromatic heterocycles. The van der Waals surface area contributed by atoms with Gasteiger partial charge in [-0.05, 0) is 37.6 Å². The number of benzene rings is 1. The van der Waals surface area contributed by atoms with Crippen molar-refractivity contribution in [2.45, 2.75) is 24.8 Å². The van der Waals surface area contributed by atoms with E-state index in [4.69, 9.17) is 0 Å². The van der Waals surface area contributed by atoms with Crippen LogP contribution in [-0.2, 0) is 16.9 Å². The van der Waals surface area contributed by atoms with Crippen LogP contribution in [0.25, 0.3) is 0 Å². The number of nitrogens with zero attached hydrogens (tertiary/aromatic N) is 1. The molecule has 1 unspecified atom stereocenters. The lowest BCUT2D eigenvalue weighted by atomic mass is 10.1. The number of aryl methyl sites for hydroxylation is 1. The molecule has 0 bridgehead atoms. The van der Waals surface area contributed by atoms with Crippen LogP contribution in [0.2, 0.25) is 0 Å². The number of ketones is 1. The molecular weight excluding hydrogens is 328 g/mol. The minimum absolute atomic E-state index is 0.103. The fourth-order valence-electron chi connectivity index (χ4n) is 2.34. The second-order valence-corrected chi connectivity index (χ2v) is 7.83. The van der Waals surface area contributed by atoms with E-state index in [0.29, 0.717) is 11.3 Å². The first kappa shape index (κ1) is 17.9. The molecule has 0 saturated heterocycles. The topological polar surface area (TPSA) is 85.2 Å². The largest absolute Gasteiger partial charge is 0.346 e. The summed E-state index contributed by atoms with van der Waals surface area (Å²) in [6.07, 6.45) is 2.76. The van der Waals surface area contributed by atoms with E-state index in [2.05, 4.69) is 5.32 Å². The first-order chi connectivity index (χ1) is 11.1. The number of carbonyl (C=O) groups excluding carboxylic acids is 2. The van der Waals surface area contributed by atoms with Crippen molar-refractivity contribution >= 4 is 21.5 Å². The Hall–Kier alpha value is -2.41. The molecule has 2 rings (SSSR count). The predicted molar refractivity (Wildman–Crippen MR) is 90.9 cm³/mol. The smallest absolute Gasteiger partial charge is 0.268 e. The number of sulfone groups is 1. The van der Waals surface area contributed by atoms with Crippen LogP contribution in [0, 0.1) is 0 Å². The van der Waals surface area contributed by atoms with Crippen molar-refractivity contribution in [2.24, 2.45) is 7.05 Å². The molecule has 1 atom stereocenters. The van der Waals surface area contributed by atoms with Crippen LogP contribution in [0.5, 0.6) is 0 Å². The van der Waals surface area contributed by atoms with Gasteiger partial charge in [0, 0.05) is 25.1 Å². The van der Waals surface area contributed by atoms with Crippen LogP contribution in [0.1, 0.15) is 46.3 Å². The monoisotopic (exact) mass is 348 g/mol. The van der Waals surface area contributed by atoms with Crippen molar-refractivity contribution in [3.05, 3.63) is 53.3 Å². The molecule has 0 saturated carbocycles. The van der Waals surface area contributed by atoms with Gasteiger partial charge in [0.05, 0.1) is 10.9 Å². The molecular formula is C17H20N2O4S. The number of hydrogen-bond donors (Lipinski definition) is 1. The van der Waals surface area contributed by atoms with Crippen molar-refractivity contribution < 1.29 is 18.0 Å². The van der Waals surface area contributed by atoms with E-state index >= 15 is 0 Å². The highest BCUT2D eigenvalue weighted by molar-refractivity contribution is 7.90. The molecule has 1 heterocycles. The molecule has 0 spiro atoms.